The first-order valence-electron chi connectivity index (χ1n) is 7.28. The van der Waals surface area contributed by atoms with Crippen molar-refractivity contribution in [3.05, 3.63) is 42.0 Å². The predicted molar refractivity (Wildman–Crippen MR) is 79.0 cm³/mol. The van der Waals surface area contributed by atoms with Crippen LogP contribution in [0.1, 0.15) is 43.7 Å². The van der Waals surface area contributed by atoms with Crippen LogP contribution in [0.25, 0.3) is 6.08 Å². The van der Waals surface area contributed by atoms with E-state index in [0.29, 0.717) is 0 Å². The zero-order valence-corrected chi connectivity index (χ0v) is 11.9. The molecule has 2 nitrogen and oxygen atoms in total. The Kier molecular flexibility index (Phi) is 5.17. The largest absolute Gasteiger partial charge is 0.348 e. The number of aryl methyl sites for hydroxylation is 1. The van der Waals surface area contributed by atoms with Crippen LogP contribution in [0.3, 0.4) is 0 Å². The second kappa shape index (κ2) is 6.88. The summed E-state index contributed by atoms with van der Waals surface area (Å²) in [4.78, 5) is 0. The fourth-order valence-electron chi connectivity index (χ4n) is 2.31. The molecule has 0 N–H and O–H groups in total. The number of hydrogen-bond donors (Lipinski definition) is 0. The predicted octanol–water partition coefficient (Wildman–Crippen LogP) is 4.20. The first kappa shape index (κ1) is 14.3. The summed E-state index contributed by atoms with van der Waals surface area (Å²) in [5.41, 5.74) is 2.58. The maximum atomic E-state index is 5.89. The normalized spacial score (nSPS) is 21.3. The Morgan fingerprint density at radius 2 is 2.16 bits per heavy atom. The van der Waals surface area contributed by atoms with Gasteiger partial charge in [0.25, 0.3) is 0 Å². The third-order valence-electron chi connectivity index (χ3n) is 3.61. The fourth-order valence-corrected chi connectivity index (χ4v) is 2.31. The summed E-state index contributed by atoms with van der Waals surface area (Å²) in [5, 5.41) is 0. The fraction of sp³-hybridized carbons (Fsp3) is 0.529. The molecule has 104 valence electrons. The minimum absolute atomic E-state index is 0.228. The minimum atomic E-state index is -0.228. The van der Waals surface area contributed by atoms with E-state index in [1.54, 1.807) is 0 Å². The van der Waals surface area contributed by atoms with Crippen LogP contribution in [-0.2, 0) is 15.9 Å². The summed E-state index contributed by atoms with van der Waals surface area (Å²) in [6.45, 7) is 7.60. The van der Waals surface area contributed by atoms with Crippen molar-refractivity contribution in [3.8, 4) is 0 Å². The zero-order chi connectivity index (χ0) is 13.6. The third kappa shape index (κ3) is 4.19. The molecule has 0 saturated carbocycles. The maximum Gasteiger partial charge on any atom is 0.192 e. The molecule has 1 aromatic carbocycles. The van der Waals surface area contributed by atoms with Gasteiger partial charge in [0.15, 0.2) is 5.79 Å². The second-order valence-electron chi connectivity index (χ2n) is 5.16. The molecule has 19 heavy (non-hydrogen) atoms. The lowest BCUT2D eigenvalue weighted by molar-refractivity contribution is -0.0505. The van der Waals surface area contributed by atoms with Gasteiger partial charge in [-0.1, -0.05) is 50.3 Å². The number of benzene rings is 1. The van der Waals surface area contributed by atoms with E-state index in [1.165, 1.54) is 24.0 Å². The monoisotopic (exact) mass is 260 g/mol. The Labute approximate surface area is 116 Å². The van der Waals surface area contributed by atoms with Gasteiger partial charge in [0.05, 0.1) is 6.61 Å². The number of rotatable bonds is 9. The molecular formula is C17H24O2. The smallest absolute Gasteiger partial charge is 0.192 e. The first-order chi connectivity index (χ1) is 9.29. The molecule has 1 fully saturated rings. The summed E-state index contributed by atoms with van der Waals surface area (Å²) < 4.78 is 11.3. The average Bonchev–Trinajstić information content (AvgIpc) is 3.22. The quantitative estimate of drug-likeness (QED) is 0.490. The Morgan fingerprint density at radius 1 is 1.37 bits per heavy atom. The van der Waals surface area contributed by atoms with Crippen molar-refractivity contribution in [1.29, 1.82) is 0 Å². The van der Waals surface area contributed by atoms with Crippen molar-refractivity contribution in [3.63, 3.8) is 0 Å². The molecule has 1 aromatic rings. The highest BCUT2D eigenvalue weighted by Crippen LogP contribution is 2.34. The van der Waals surface area contributed by atoms with Crippen molar-refractivity contribution in [2.24, 2.45) is 0 Å². The molecule has 0 radical (unpaired) electrons. The highest BCUT2D eigenvalue weighted by atomic mass is 16.8. The van der Waals surface area contributed by atoms with Gasteiger partial charge in [-0.15, -0.1) is 0 Å². The topological polar surface area (TPSA) is 21.8 Å². The van der Waals surface area contributed by atoms with Crippen LogP contribution < -0.4 is 0 Å². The van der Waals surface area contributed by atoms with Gasteiger partial charge in [-0.25, -0.2) is 0 Å². The summed E-state index contributed by atoms with van der Waals surface area (Å²) >= 11 is 0. The number of ether oxygens (including phenoxy) is 2. The van der Waals surface area contributed by atoms with Crippen LogP contribution in [0.15, 0.2) is 30.8 Å². The van der Waals surface area contributed by atoms with Crippen LogP contribution in [0.5, 0.6) is 0 Å². The van der Waals surface area contributed by atoms with E-state index < -0.39 is 0 Å². The molecule has 0 spiro atoms. The van der Waals surface area contributed by atoms with E-state index in [4.69, 9.17) is 9.47 Å². The van der Waals surface area contributed by atoms with Crippen LogP contribution >= 0.6 is 0 Å². The lowest BCUT2D eigenvalue weighted by Gasteiger charge is -2.13. The van der Waals surface area contributed by atoms with Crippen molar-refractivity contribution in [2.75, 3.05) is 13.2 Å². The first-order valence-corrected chi connectivity index (χ1v) is 7.28. The number of hydrogen-bond acceptors (Lipinski definition) is 2. The standard InChI is InChI=1S/C17H24O2/c1-3-5-12-17(14-19-17)18-13-8-11-16-10-7-6-9-15(16)4-2/h4,6-7,9-10H,2-3,5,8,11-14H2,1H3. The van der Waals surface area contributed by atoms with E-state index in [1.807, 2.05) is 6.08 Å². The van der Waals surface area contributed by atoms with Crippen molar-refractivity contribution >= 4 is 6.08 Å². The average molecular weight is 260 g/mol. The van der Waals surface area contributed by atoms with Gasteiger partial charge in [0.2, 0.25) is 0 Å². The lowest BCUT2D eigenvalue weighted by atomic mass is 10.0. The van der Waals surface area contributed by atoms with Gasteiger partial charge in [-0.05, 0) is 30.4 Å². The Bertz CT molecular complexity index is 407. The van der Waals surface area contributed by atoms with Gasteiger partial charge in [-0.3, -0.25) is 0 Å². The van der Waals surface area contributed by atoms with Gasteiger partial charge < -0.3 is 9.47 Å². The molecule has 0 bridgehead atoms. The summed E-state index contributed by atoms with van der Waals surface area (Å²) in [6, 6.07) is 8.40. The van der Waals surface area contributed by atoms with Crippen molar-refractivity contribution in [2.45, 2.75) is 44.8 Å². The summed E-state index contributed by atoms with van der Waals surface area (Å²) in [6.07, 6.45) is 7.39. The third-order valence-corrected chi connectivity index (χ3v) is 3.61. The molecule has 0 aliphatic carbocycles. The number of epoxide rings is 1. The molecule has 0 amide bonds. The van der Waals surface area contributed by atoms with Crippen LogP contribution in [0.2, 0.25) is 0 Å². The van der Waals surface area contributed by atoms with E-state index in [9.17, 15) is 0 Å². The molecule has 1 aliphatic rings. The van der Waals surface area contributed by atoms with Gasteiger partial charge >= 0.3 is 0 Å². The lowest BCUT2D eigenvalue weighted by Crippen LogP contribution is -2.17. The summed E-state index contributed by atoms with van der Waals surface area (Å²) in [5.74, 6) is -0.228. The van der Waals surface area contributed by atoms with E-state index >= 15 is 0 Å². The molecule has 2 heteroatoms. The molecule has 0 aromatic heterocycles. The summed E-state index contributed by atoms with van der Waals surface area (Å²) in [7, 11) is 0. The molecule has 1 unspecified atom stereocenters. The molecule has 1 heterocycles. The maximum absolute atomic E-state index is 5.89. The Balaban J connectivity index is 1.71. The van der Waals surface area contributed by atoms with Crippen LogP contribution in [0, 0.1) is 0 Å². The Hall–Kier alpha value is -1.12. The zero-order valence-electron chi connectivity index (χ0n) is 11.9. The molecular weight excluding hydrogens is 236 g/mol. The van der Waals surface area contributed by atoms with E-state index in [2.05, 4.69) is 37.8 Å². The van der Waals surface area contributed by atoms with Crippen molar-refractivity contribution < 1.29 is 9.47 Å². The van der Waals surface area contributed by atoms with Gasteiger partial charge in [0.1, 0.15) is 6.61 Å². The van der Waals surface area contributed by atoms with Crippen molar-refractivity contribution in [1.82, 2.24) is 0 Å². The highest BCUT2D eigenvalue weighted by molar-refractivity contribution is 5.51. The second-order valence-corrected chi connectivity index (χ2v) is 5.16. The van der Waals surface area contributed by atoms with E-state index in [-0.39, 0.29) is 5.79 Å². The molecule has 1 aliphatic heterocycles. The van der Waals surface area contributed by atoms with Crippen LogP contribution in [0.4, 0.5) is 0 Å². The molecule has 1 atom stereocenters. The highest BCUT2D eigenvalue weighted by Gasteiger charge is 2.45. The number of unbranched alkanes of at least 4 members (excludes halogenated alkanes) is 1. The minimum Gasteiger partial charge on any atom is -0.348 e. The van der Waals surface area contributed by atoms with Gasteiger partial charge in [0, 0.05) is 6.42 Å². The Morgan fingerprint density at radius 3 is 2.84 bits per heavy atom. The van der Waals surface area contributed by atoms with E-state index in [0.717, 1.165) is 32.5 Å². The molecule has 2 rings (SSSR count). The SMILES string of the molecule is C=Cc1ccccc1CCCOC1(CCCC)CO1. The molecule has 1 saturated heterocycles. The van der Waals surface area contributed by atoms with Gasteiger partial charge in [-0.2, -0.15) is 0 Å². The van der Waals surface area contributed by atoms with Crippen LogP contribution in [-0.4, -0.2) is 19.0 Å².